The van der Waals surface area contributed by atoms with Crippen LogP contribution >= 0.6 is 23.2 Å². The van der Waals surface area contributed by atoms with Crippen molar-refractivity contribution in [2.75, 3.05) is 5.32 Å². The Bertz CT molecular complexity index is 778. The molecule has 2 aromatic carbocycles. The fourth-order valence-corrected chi connectivity index (χ4v) is 2.41. The molecule has 0 radical (unpaired) electrons. The number of nitrogens with one attached hydrogen (secondary N) is 2. The zero-order valence-electron chi connectivity index (χ0n) is 10.3. The van der Waals surface area contributed by atoms with Gasteiger partial charge < -0.3 is 10.3 Å². The van der Waals surface area contributed by atoms with Gasteiger partial charge >= 0.3 is 0 Å². The molecule has 2 N–H and O–H groups in total. The largest absolute Gasteiger partial charge is 0.349 e. The van der Waals surface area contributed by atoms with Gasteiger partial charge in [0.25, 0.3) is 5.91 Å². The lowest BCUT2D eigenvalue weighted by atomic mass is 10.2. The summed E-state index contributed by atoms with van der Waals surface area (Å²) in [7, 11) is 0. The maximum Gasteiger partial charge on any atom is 0.273 e. The number of anilines is 1. The van der Waals surface area contributed by atoms with Crippen LogP contribution in [-0.4, -0.2) is 10.9 Å². The normalized spacial score (nSPS) is 10.7. The number of halogens is 2. The van der Waals surface area contributed by atoms with Gasteiger partial charge in [0, 0.05) is 21.6 Å². The number of benzene rings is 2. The van der Waals surface area contributed by atoms with Gasteiger partial charge in [0.15, 0.2) is 0 Å². The van der Waals surface area contributed by atoms with Gasteiger partial charge in [-0.15, -0.1) is 0 Å². The van der Waals surface area contributed by atoms with Crippen molar-refractivity contribution >= 4 is 45.7 Å². The number of para-hydroxylation sites is 1. The molecule has 0 saturated heterocycles. The van der Waals surface area contributed by atoms with E-state index in [0.29, 0.717) is 21.4 Å². The van der Waals surface area contributed by atoms with Crippen molar-refractivity contribution in [3.63, 3.8) is 0 Å². The van der Waals surface area contributed by atoms with Crippen molar-refractivity contribution in [2.24, 2.45) is 0 Å². The van der Waals surface area contributed by atoms with Gasteiger partial charge in [0.2, 0.25) is 0 Å². The lowest BCUT2D eigenvalue weighted by molar-refractivity contribution is 0.102. The standard InChI is InChI=1S/C15H10Cl2N2O/c16-9-5-7-10(8-6-9)18-15(20)14-13(17)11-3-1-2-4-12(11)19-14/h1-8,19H,(H,18,20). The number of fused-ring (bicyclic) bond motifs is 1. The van der Waals surface area contributed by atoms with Crippen molar-refractivity contribution in [3.8, 4) is 0 Å². The molecule has 1 aromatic heterocycles. The highest BCUT2D eigenvalue weighted by molar-refractivity contribution is 6.39. The molecule has 3 aromatic rings. The quantitative estimate of drug-likeness (QED) is 0.706. The maximum atomic E-state index is 12.2. The van der Waals surface area contributed by atoms with Crippen molar-refractivity contribution in [1.82, 2.24) is 4.98 Å². The van der Waals surface area contributed by atoms with Crippen LogP contribution in [0.2, 0.25) is 10.0 Å². The Hall–Kier alpha value is -1.97. The Morgan fingerprint density at radius 2 is 1.70 bits per heavy atom. The molecule has 5 heteroatoms. The summed E-state index contributed by atoms with van der Waals surface area (Å²) >= 11 is 12.0. The van der Waals surface area contributed by atoms with E-state index >= 15 is 0 Å². The summed E-state index contributed by atoms with van der Waals surface area (Å²) in [5.41, 5.74) is 1.84. The minimum Gasteiger partial charge on any atom is -0.349 e. The second kappa shape index (κ2) is 5.19. The van der Waals surface area contributed by atoms with Gasteiger partial charge in [-0.2, -0.15) is 0 Å². The molecule has 0 unspecified atom stereocenters. The van der Waals surface area contributed by atoms with Gasteiger partial charge in [-0.3, -0.25) is 4.79 Å². The molecule has 20 heavy (non-hydrogen) atoms. The molecule has 100 valence electrons. The summed E-state index contributed by atoms with van der Waals surface area (Å²) in [5, 5.41) is 4.64. The van der Waals surface area contributed by atoms with E-state index in [1.165, 1.54) is 0 Å². The molecule has 0 spiro atoms. The van der Waals surface area contributed by atoms with E-state index in [9.17, 15) is 4.79 Å². The SMILES string of the molecule is O=C(Nc1ccc(Cl)cc1)c1[nH]c2ccccc2c1Cl. The summed E-state index contributed by atoms with van der Waals surface area (Å²) in [6.07, 6.45) is 0. The van der Waals surface area contributed by atoms with Gasteiger partial charge in [-0.05, 0) is 30.3 Å². The highest BCUT2D eigenvalue weighted by Crippen LogP contribution is 2.27. The van der Waals surface area contributed by atoms with Crippen molar-refractivity contribution in [3.05, 3.63) is 64.3 Å². The van der Waals surface area contributed by atoms with Gasteiger partial charge in [-0.1, -0.05) is 41.4 Å². The molecule has 0 saturated carbocycles. The fourth-order valence-electron chi connectivity index (χ4n) is 1.99. The van der Waals surface area contributed by atoms with E-state index in [2.05, 4.69) is 10.3 Å². The van der Waals surface area contributed by atoms with E-state index in [-0.39, 0.29) is 5.91 Å². The molecule has 0 fully saturated rings. The lowest BCUT2D eigenvalue weighted by Crippen LogP contribution is -2.12. The summed E-state index contributed by atoms with van der Waals surface area (Å²) in [6.45, 7) is 0. The molecular formula is C15H10Cl2N2O. The molecular weight excluding hydrogens is 295 g/mol. The van der Waals surface area contributed by atoms with E-state index in [0.717, 1.165) is 10.9 Å². The second-order valence-electron chi connectivity index (χ2n) is 4.32. The van der Waals surface area contributed by atoms with E-state index < -0.39 is 0 Å². The Morgan fingerprint density at radius 1 is 1.00 bits per heavy atom. The molecule has 0 aliphatic heterocycles. The highest BCUT2D eigenvalue weighted by Gasteiger charge is 2.16. The maximum absolute atomic E-state index is 12.2. The minimum absolute atomic E-state index is 0.284. The second-order valence-corrected chi connectivity index (χ2v) is 5.13. The van der Waals surface area contributed by atoms with Crippen LogP contribution in [0.1, 0.15) is 10.5 Å². The van der Waals surface area contributed by atoms with Gasteiger partial charge in [0.05, 0.1) is 5.02 Å². The summed E-state index contributed by atoms with van der Waals surface area (Å²) in [4.78, 5) is 15.3. The van der Waals surface area contributed by atoms with Crippen LogP contribution in [0.25, 0.3) is 10.9 Å². The first-order valence-electron chi connectivity index (χ1n) is 5.98. The summed E-state index contributed by atoms with van der Waals surface area (Å²) < 4.78 is 0. The number of aromatic amines is 1. The zero-order chi connectivity index (χ0) is 14.1. The number of hydrogen-bond acceptors (Lipinski definition) is 1. The van der Waals surface area contributed by atoms with Crippen LogP contribution in [0, 0.1) is 0 Å². The number of carbonyl (C=O) groups is 1. The number of rotatable bonds is 2. The third-order valence-electron chi connectivity index (χ3n) is 2.97. The monoisotopic (exact) mass is 304 g/mol. The van der Waals surface area contributed by atoms with Crippen molar-refractivity contribution in [1.29, 1.82) is 0 Å². The third-order valence-corrected chi connectivity index (χ3v) is 3.62. The Balaban J connectivity index is 1.92. The molecule has 0 atom stereocenters. The van der Waals surface area contributed by atoms with Crippen LogP contribution < -0.4 is 5.32 Å². The number of hydrogen-bond donors (Lipinski definition) is 2. The molecule has 0 bridgehead atoms. The minimum atomic E-state index is -0.284. The van der Waals surface area contributed by atoms with Crippen LogP contribution in [0.4, 0.5) is 5.69 Å². The number of amides is 1. The van der Waals surface area contributed by atoms with Crippen molar-refractivity contribution in [2.45, 2.75) is 0 Å². The van der Waals surface area contributed by atoms with Crippen LogP contribution in [0.15, 0.2) is 48.5 Å². The van der Waals surface area contributed by atoms with Gasteiger partial charge in [0.1, 0.15) is 5.69 Å². The fraction of sp³-hybridized carbons (Fsp3) is 0. The Labute approximate surface area is 125 Å². The van der Waals surface area contributed by atoms with E-state index in [1.807, 2.05) is 24.3 Å². The summed E-state index contributed by atoms with van der Waals surface area (Å²) in [5.74, 6) is -0.284. The summed E-state index contributed by atoms with van der Waals surface area (Å²) in [6, 6.07) is 14.4. The van der Waals surface area contributed by atoms with E-state index in [1.54, 1.807) is 24.3 Å². The number of aromatic nitrogens is 1. The smallest absolute Gasteiger partial charge is 0.273 e. The lowest BCUT2D eigenvalue weighted by Gasteiger charge is -2.04. The number of H-pyrrole nitrogens is 1. The average Bonchev–Trinajstić information content (AvgIpc) is 2.79. The predicted octanol–water partition coefficient (Wildman–Crippen LogP) is 4.73. The molecule has 1 heterocycles. The average molecular weight is 305 g/mol. The van der Waals surface area contributed by atoms with Gasteiger partial charge in [-0.25, -0.2) is 0 Å². The molecule has 0 aliphatic rings. The number of carbonyl (C=O) groups excluding carboxylic acids is 1. The van der Waals surface area contributed by atoms with Crippen molar-refractivity contribution < 1.29 is 4.79 Å². The first-order chi connectivity index (χ1) is 9.65. The molecule has 1 amide bonds. The third kappa shape index (κ3) is 2.38. The highest BCUT2D eigenvalue weighted by atomic mass is 35.5. The van der Waals surface area contributed by atoms with Crippen LogP contribution in [0.3, 0.4) is 0 Å². The Morgan fingerprint density at radius 3 is 2.40 bits per heavy atom. The molecule has 0 aliphatic carbocycles. The predicted molar refractivity (Wildman–Crippen MR) is 82.7 cm³/mol. The Kier molecular flexibility index (Phi) is 3.38. The van der Waals surface area contributed by atoms with Crippen LogP contribution in [-0.2, 0) is 0 Å². The molecule has 3 rings (SSSR count). The first-order valence-corrected chi connectivity index (χ1v) is 6.74. The zero-order valence-corrected chi connectivity index (χ0v) is 11.8. The van der Waals surface area contributed by atoms with Crippen LogP contribution in [0.5, 0.6) is 0 Å². The topological polar surface area (TPSA) is 44.9 Å². The first kappa shape index (κ1) is 13.0. The molecule has 3 nitrogen and oxygen atoms in total. The van der Waals surface area contributed by atoms with E-state index in [4.69, 9.17) is 23.2 Å².